The maximum absolute atomic E-state index is 10.3. The van der Waals surface area contributed by atoms with Crippen molar-refractivity contribution in [3.63, 3.8) is 0 Å². The van der Waals surface area contributed by atoms with Crippen LogP contribution in [-0.2, 0) is 6.42 Å². The molecule has 2 aromatic carbocycles. The summed E-state index contributed by atoms with van der Waals surface area (Å²) < 4.78 is 0. The number of hydrogen-bond acceptors (Lipinski definition) is 2. The summed E-state index contributed by atoms with van der Waals surface area (Å²) in [5, 5.41) is 10.3. The number of nitrogens with two attached hydrogens (primary N) is 1. The van der Waals surface area contributed by atoms with Gasteiger partial charge in [0, 0.05) is 12.1 Å². The highest BCUT2D eigenvalue weighted by Gasteiger charge is 2.11. The third kappa shape index (κ3) is 2.71. The largest absolute Gasteiger partial charge is 0.399 e. The van der Waals surface area contributed by atoms with Crippen LogP contribution in [0.2, 0.25) is 0 Å². The van der Waals surface area contributed by atoms with Gasteiger partial charge in [-0.15, -0.1) is 0 Å². The van der Waals surface area contributed by atoms with Gasteiger partial charge in [-0.25, -0.2) is 0 Å². The lowest BCUT2D eigenvalue weighted by molar-refractivity contribution is 0.178. The van der Waals surface area contributed by atoms with E-state index in [1.54, 1.807) is 0 Å². The molecule has 18 heavy (non-hydrogen) atoms. The van der Waals surface area contributed by atoms with Gasteiger partial charge in [0.1, 0.15) is 0 Å². The summed E-state index contributed by atoms with van der Waals surface area (Å²) in [6, 6.07) is 13.6. The van der Waals surface area contributed by atoms with Gasteiger partial charge >= 0.3 is 0 Å². The van der Waals surface area contributed by atoms with Gasteiger partial charge in [0.15, 0.2) is 0 Å². The molecule has 3 N–H and O–H groups in total. The first-order valence-electron chi connectivity index (χ1n) is 6.16. The summed E-state index contributed by atoms with van der Waals surface area (Å²) in [4.78, 5) is 0. The van der Waals surface area contributed by atoms with E-state index in [0.29, 0.717) is 12.1 Å². The van der Waals surface area contributed by atoms with Crippen molar-refractivity contribution in [3.8, 4) is 0 Å². The fourth-order valence-corrected chi connectivity index (χ4v) is 2.25. The molecular formula is C16H19NO. The van der Waals surface area contributed by atoms with Crippen LogP contribution >= 0.6 is 0 Å². The Balaban J connectivity index is 2.24. The van der Waals surface area contributed by atoms with Crippen LogP contribution in [0.15, 0.2) is 42.5 Å². The standard InChI is InChI=1S/C16H19NO/c1-11-5-3-6-12(2)15(11)10-16(18)13-7-4-8-14(17)9-13/h3-9,16,18H,10,17H2,1-2H3. The van der Waals surface area contributed by atoms with Gasteiger partial charge in [-0.2, -0.15) is 0 Å². The van der Waals surface area contributed by atoms with Gasteiger partial charge in [0.25, 0.3) is 0 Å². The van der Waals surface area contributed by atoms with Gasteiger partial charge in [0.05, 0.1) is 6.10 Å². The summed E-state index contributed by atoms with van der Waals surface area (Å²) in [6.07, 6.45) is 0.121. The summed E-state index contributed by atoms with van der Waals surface area (Å²) in [5.41, 5.74) is 11.0. The number of aliphatic hydroxyl groups is 1. The number of aliphatic hydroxyl groups excluding tert-OH is 1. The molecule has 0 aliphatic heterocycles. The zero-order chi connectivity index (χ0) is 13.1. The van der Waals surface area contributed by atoms with Gasteiger partial charge in [-0.3, -0.25) is 0 Å². The maximum Gasteiger partial charge on any atom is 0.0831 e. The Hall–Kier alpha value is -1.80. The highest BCUT2D eigenvalue weighted by Crippen LogP contribution is 2.23. The molecule has 2 aromatic rings. The Bertz CT molecular complexity index is 528. The Kier molecular flexibility index (Phi) is 3.68. The van der Waals surface area contributed by atoms with Crippen molar-refractivity contribution in [2.24, 2.45) is 0 Å². The molecule has 0 heterocycles. The van der Waals surface area contributed by atoms with Crippen LogP contribution in [0.4, 0.5) is 5.69 Å². The minimum atomic E-state index is -0.506. The van der Waals surface area contributed by atoms with Gasteiger partial charge in [-0.05, 0) is 48.2 Å². The normalized spacial score (nSPS) is 12.4. The van der Waals surface area contributed by atoms with Crippen LogP contribution in [-0.4, -0.2) is 5.11 Å². The Labute approximate surface area is 108 Å². The molecule has 0 saturated carbocycles. The van der Waals surface area contributed by atoms with Gasteiger partial charge in [0.2, 0.25) is 0 Å². The summed E-state index contributed by atoms with van der Waals surface area (Å²) in [7, 11) is 0. The van der Waals surface area contributed by atoms with Crippen molar-refractivity contribution < 1.29 is 5.11 Å². The fourth-order valence-electron chi connectivity index (χ4n) is 2.25. The minimum Gasteiger partial charge on any atom is -0.399 e. The Morgan fingerprint density at radius 1 is 1.06 bits per heavy atom. The second-order valence-corrected chi connectivity index (χ2v) is 4.76. The average molecular weight is 241 g/mol. The number of anilines is 1. The van der Waals surface area contributed by atoms with E-state index >= 15 is 0 Å². The van der Waals surface area contributed by atoms with Crippen LogP contribution in [0, 0.1) is 13.8 Å². The monoisotopic (exact) mass is 241 g/mol. The molecule has 2 heteroatoms. The lowest BCUT2D eigenvalue weighted by Gasteiger charge is -2.15. The van der Waals surface area contributed by atoms with Crippen molar-refractivity contribution in [2.45, 2.75) is 26.4 Å². The number of benzene rings is 2. The van der Waals surface area contributed by atoms with Crippen molar-refractivity contribution in [1.82, 2.24) is 0 Å². The summed E-state index contributed by atoms with van der Waals surface area (Å²) in [6.45, 7) is 4.16. The molecule has 0 aliphatic carbocycles. The molecule has 0 saturated heterocycles. The van der Waals surface area contributed by atoms with Crippen molar-refractivity contribution >= 4 is 5.69 Å². The van der Waals surface area contributed by atoms with Crippen LogP contribution < -0.4 is 5.73 Å². The molecule has 0 spiro atoms. The van der Waals surface area contributed by atoms with E-state index in [0.717, 1.165) is 5.56 Å². The molecule has 0 bridgehead atoms. The molecule has 94 valence electrons. The van der Waals surface area contributed by atoms with Gasteiger partial charge in [-0.1, -0.05) is 30.3 Å². The second-order valence-electron chi connectivity index (χ2n) is 4.76. The molecule has 0 radical (unpaired) electrons. The number of hydrogen-bond donors (Lipinski definition) is 2. The number of aryl methyl sites for hydroxylation is 2. The first-order chi connectivity index (χ1) is 8.58. The zero-order valence-electron chi connectivity index (χ0n) is 10.9. The summed E-state index contributed by atoms with van der Waals surface area (Å²) in [5.74, 6) is 0. The van der Waals surface area contributed by atoms with Crippen molar-refractivity contribution in [2.75, 3.05) is 5.73 Å². The minimum absolute atomic E-state index is 0.506. The Morgan fingerprint density at radius 3 is 2.28 bits per heavy atom. The first-order valence-corrected chi connectivity index (χ1v) is 6.16. The second kappa shape index (κ2) is 5.23. The maximum atomic E-state index is 10.3. The topological polar surface area (TPSA) is 46.2 Å². The molecule has 0 aromatic heterocycles. The molecule has 2 nitrogen and oxygen atoms in total. The van der Waals surface area contributed by atoms with E-state index in [9.17, 15) is 5.11 Å². The van der Waals surface area contributed by atoms with E-state index < -0.39 is 6.10 Å². The fraction of sp³-hybridized carbons (Fsp3) is 0.250. The van der Waals surface area contributed by atoms with E-state index in [1.165, 1.54) is 16.7 Å². The highest BCUT2D eigenvalue weighted by molar-refractivity contribution is 5.42. The van der Waals surface area contributed by atoms with Gasteiger partial charge < -0.3 is 10.8 Å². The zero-order valence-corrected chi connectivity index (χ0v) is 10.9. The molecular weight excluding hydrogens is 222 g/mol. The lowest BCUT2D eigenvalue weighted by Crippen LogP contribution is -2.05. The SMILES string of the molecule is Cc1cccc(C)c1CC(O)c1cccc(N)c1. The van der Waals surface area contributed by atoms with Crippen LogP contribution in [0.25, 0.3) is 0 Å². The third-order valence-corrected chi connectivity index (χ3v) is 3.34. The number of rotatable bonds is 3. The third-order valence-electron chi connectivity index (χ3n) is 3.34. The van der Waals surface area contributed by atoms with E-state index in [-0.39, 0.29) is 0 Å². The number of nitrogen functional groups attached to an aromatic ring is 1. The average Bonchev–Trinajstić information content (AvgIpc) is 2.34. The van der Waals surface area contributed by atoms with Crippen LogP contribution in [0.3, 0.4) is 0 Å². The summed E-state index contributed by atoms with van der Waals surface area (Å²) >= 11 is 0. The van der Waals surface area contributed by atoms with Crippen LogP contribution in [0.5, 0.6) is 0 Å². The van der Waals surface area contributed by atoms with Crippen molar-refractivity contribution in [3.05, 3.63) is 64.7 Å². The quantitative estimate of drug-likeness (QED) is 0.811. The van der Waals surface area contributed by atoms with E-state index in [2.05, 4.69) is 26.0 Å². The molecule has 2 rings (SSSR count). The van der Waals surface area contributed by atoms with E-state index in [4.69, 9.17) is 5.73 Å². The highest BCUT2D eigenvalue weighted by atomic mass is 16.3. The van der Waals surface area contributed by atoms with Crippen LogP contribution in [0.1, 0.15) is 28.4 Å². The lowest BCUT2D eigenvalue weighted by atomic mass is 9.94. The molecule has 0 aliphatic rings. The van der Waals surface area contributed by atoms with E-state index in [1.807, 2.05) is 30.3 Å². The molecule has 0 fully saturated rings. The smallest absolute Gasteiger partial charge is 0.0831 e. The first kappa shape index (κ1) is 12.7. The predicted octanol–water partition coefficient (Wildman–Crippen LogP) is 3.16. The van der Waals surface area contributed by atoms with Crippen molar-refractivity contribution in [1.29, 1.82) is 0 Å². The Morgan fingerprint density at radius 2 is 1.67 bits per heavy atom. The predicted molar refractivity (Wildman–Crippen MR) is 75.4 cm³/mol. The molecule has 1 unspecified atom stereocenters. The molecule has 0 amide bonds. The molecule has 1 atom stereocenters.